The molecule has 0 fully saturated rings. The van der Waals surface area contributed by atoms with Crippen molar-refractivity contribution in [1.82, 2.24) is 5.32 Å². The maximum absolute atomic E-state index is 12.4. The molecule has 0 amide bonds. The minimum absolute atomic E-state index is 0.183. The lowest BCUT2D eigenvalue weighted by Gasteiger charge is -2.25. The van der Waals surface area contributed by atoms with Crippen LogP contribution in [0.4, 0.5) is 0 Å². The second-order valence-corrected chi connectivity index (χ2v) is 7.30. The molecule has 1 aromatic carbocycles. The Morgan fingerprint density at radius 1 is 1.15 bits per heavy atom. The third-order valence-corrected chi connectivity index (χ3v) is 5.71. The average molecular weight is 297 g/mol. The molecular weight excluding hydrogens is 270 g/mol. The van der Waals surface area contributed by atoms with E-state index in [1.165, 1.54) is 0 Å². The Balaban J connectivity index is 3.19. The molecule has 1 N–H and O–H groups in total. The molecule has 0 aliphatic carbocycles. The predicted octanol–water partition coefficient (Wildman–Crippen LogP) is 3.36. The molecule has 1 rings (SSSR count). The van der Waals surface area contributed by atoms with Gasteiger partial charge in [0.25, 0.3) is 0 Å². The highest BCUT2D eigenvalue weighted by Gasteiger charge is 2.24. The van der Waals surface area contributed by atoms with Crippen LogP contribution in [0.3, 0.4) is 0 Å². The Kier molecular flexibility index (Phi) is 6.69. The Morgan fingerprint density at radius 3 is 2.35 bits per heavy atom. The van der Waals surface area contributed by atoms with Crippen LogP contribution in [0.25, 0.3) is 0 Å². The largest absolute Gasteiger partial charge is 0.314 e. The highest BCUT2D eigenvalue weighted by Crippen LogP contribution is 2.28. The van der Waals surface area contributed by atoms with Gasteiger partial charge >= 0.3 is 0 Å². The number of likely N-dealkylation sites (N-methyl/N-ethyl adjacent to an activating group) is 1. The quantitative estimate of drug-likeness (QED) is 0.800. The summed E-state index contributed by atoms with van der Waals surface area (Å²) in [4.78, 5) is 0.505. The van der Waals surface area contributed by atoms with Crippen LogP contribution in [0.2, 0.25) is 0 Å². The van der Waals surface area contributed by atoms with Gasteiger partial charge < -0.3 is 5.32 Å². The zero-order valence-corrected chi connectivity index (χ0v) is 13.8. The van der Waals surface area contributed by atoms with Crippen molar-refractivity contribution >= 4 is 9.84 Å². The summed E-state index contributed by atoms with van der Waals surface area (Å²) >= 11 is 0. The van der Waals surface area contributed by atoms with Crippen LogP contribution >= 0.6 is 0 Å². The summed E-state index contributed by atoms with van der Waals surface area (Å²) in [5.41, 5.74) is 0.939. The van der Waals surface area contributed by atoms with Crippen LogP contribution in [-0.4, -0.2) is 26.8 Å². The number of hydrogen-bond acceptors (Lipinski definition) is 3. The van der Waals surface area contributed by atoms with Crippen LogP contribution in [0.15, 0.2) is 29.2 Å². The molecule has 2 atom stereocenters. The summed E-state index contributed by atoms with van der Waals surface area (Å²) in [7, 11) is -3.17. The maximum atomic E-state index is 12.4. The van der Waals surface area contributed by atoms with Crippen LogP contribution in [0, 0.1) is 0 Å². The van der Waals surface area contributed by atoms with Gasteiger partial charge in [-0.25, -0.2) is 8.42 Å². The second kappa shape index (κ2) is 7.79. The highest BCUT2D eigenvalue weighted by molar-refractivity contribution is 7.91. The summed E-state index contributed by atoms with van der Waals surface area (Å²) in [5.74, 6) is 0.400. The topological polar surface area (TPSA) is 46.2 Å². The molecule has 0 heterocycles. The first kappa shape index (κ1) is 17.2. The molecule has 114 valence electrons. The number of nitrogens with one attached hydrogen (secondary N) is 1. The third-order valence-electron chi connectivity index (χ3n) is 3.73. The lowest BCUT2D eigenvalue weighted by Crippen LogP contribution is -2.33. The van der Waals surface area contributed by atoms with Gasteiger partial charge in [0.05, 0.1) is 10.6 Å². The maximum Gasteiger partial charge on any atom is 0.178 e. The summed E-state index contributed by atoms with van der Waals surface area (Å²) < 4.78 is 24.8. The first-order chi connectivity index (χ1) is 9.47. The van der Waals surface area contributed by atoms with E-state index in [2.05, 4.69) is 26.1 Å². The molecule has 0 aliphatic heterocycles. The minimum atomic E-state index is -3.17. The van der Waals surface area contributed by atoms with E-state index >= 15 is 0 Å². The number of benzene rings is 1. The van der Waals surface area contributed by atoms with Crippen LogP contribution in [0.5, 0.6) is 0 Å². The second-order valence-electron chi connectivity index (χ2n) is 5.22. The van der Waals surface area contributed by atoms with Gasteiger partial charge in [0.1, 0.15) is 0 Å². The van der Waals surface area contributed by atoms with E-state index in [0.29, 0.717) is 17.4 Å². The van der Waals surface area contributed by atoms with E-state index in [4.69, 9.17) is 0 Å². The van der Waals surface area contributed by atoms with Gasteiger partial charge in [-0.05, 0) is 36.9 Å². The lowest BCUT2D eigenvalue weighted by atomic mass is 9.91. The molecule has 0 saturated carbocycles. The molecule has 0 saturated heterocycles. The number of hydrogen-bond donors (Lipinski definition) is 1. The van der Waals surface area contributed by atoms with E-state index in [0.717, 1.165) is 18.5 Å². The Labute approximate surface area is 123 Å². The fourth-order valence-electron chi connectivity index (χ4n) is 2.67. The van der Waals surface area contributed by atoms with Crippen molar-refractivity contribution in [3.63, 3.8) is 0 Å². The van der Waals surface area contributed by atoms with E-state index in [1.54, 1.807) is 6.07 Å². The summed E-state index contributed by atoms with van der Waals surface area (Å²) in [6, 6.07) is 7.74. The first-order valence-corrected chi connectivity index (χ1v) is 9.18. The van der Waals surface area contributed by atoms with Crippen molar-refractivity contribution in [1.29, 1.82) is 0 Å². The van der Waals surface area contributed by atoms with Gasteiger partial charge in [0.15, 0.2) is 9.84 Å². The van der Waals surface area contributed by atoms with Crippen LogP contribution in [0.1, 0.15) is 52.0 Å². The summed E-state index contributed by atoms with van der Waals surface area (Å²) in [5, 5.41) is 3.45. The van der Waals surface area contributed by atoms with Crippen molar-refractivity contribution in [2.75, 3.05) is 12.3 Å². The van der Waals surface area contributed by atoms with Crippen LogP contribution < -0.4 is 5.32 Å². The predicted molar refractivity (Wildman–Crippen MR) is 85.0 cm³/mol. The standard InChI is InChI=1S/C16H27NO2S/c1-5-12-20(18,19)16-11-9-8-10-14(16)13(4)15(6-2)17-7-3/h8-11,13,15,17H,5-7,12H2,1-4H3. The molecule has 0 aromatic heterocycles. The molecular formula is C16H27NO2S. The minimum Gasteiger partial charge on any atom is -0.314 e. The SMILES string of the molecule is CCCS(=O)(=O)c1ccccc1C(C)C(CC)NCC. The van der Waals surface area contributed by atoms with Gasteiger partial charge in [0, 0.05) is 6.04 Å². The van der Waals surface area contributed by atoms with Gasteiger partial charge in [0.2, 0.25) is 0 Å². The Hall–Kier alpha value is -0.870. The number of rotatable bonds is 8. The van der Waals surface area contributed by atoms with E-state index in [9.17, 15) is 8.42 Å². The monoisotopic (exact) mass is 297 g/mol. The average Bonchev–Trinajstić information content (AvgIpc) is 2.44. The fraction of sp³-hybridized carbons (Fsp3) is 0.625. The Bertz CT molecular complexity index is 511. The molecule has 0 spiro atoms. The van der Waals surface area contributed by atoms with Gasteiger partial charge in [-0.15, -0.1) is 0 Å². The zero-order chi connectivity index (χ0) is 15.2. The molecule has 0 bridgehead atoms. The van der Waals surface area contributed by atoms with E-state index in [-0.39, 0.29) is 11.7 Å². The Morgan fingerprint density at radius 2 is 1.80 bits per heavy atom. The van der Waals surface area contributed by atoms with Crippen molar-refractivity contribution in [2.24, 2.45) is 0 Å². The van der Waals surface area contributed by atoms with Gasteiger partial charge in [-0.2, -0.15) is 0 Å². The molecule has 2 unspecified atom stereocenters. The van der Waals surface area contributed by atoms with Crippen molar-refractivity contribution in [3.05, 3.63) is 29.8 Å². The molecule has 0 aliphatic rings. The fourth-order valence-corrected chi connectivity index (χ4v) is 4.33. The van der Waals surface area contributed by atoms with Crippen molar-refractivity contribution < 1.29 is 8.42 Å². The molecule has 4 heteroatoms. The molecule has 20 heavy (non-hydrogen) atoms. The summed E-state index contributed by atoms with van der Waals surface area (Å²) in [6.45, 7) is 9.11. The highest BCUT2D eigenvalue weighted by atomic mass is 32.2. The number of sulfone groups is 1. The third kappa shape index (κ3) is 4.06. The molecule has 1 aromatic rings. The molecule has 3 nitrogen and oxygen atoms in total. The smallest absolute Gasteiger partial charge is 0.178 e. The van der Waals surface area contributed by atoms with E-state index in [1.807, 2.05) is 25.1 Å². The van der Waals surface area contributed by atoms with Crippen LogP contribution in [-0.2, 0) is 9.84 Å². The van der Waals surface area contributed by atoms with Gasteiger partial charge in [-0.3, -0.25) is 0 Å². The summed E-state index contributed by atoms with van der Waals surface area (Å²) in [6.07, 6.45) is 1.63. The normalized spacial score (nSPS) is 15.0. The first-order valence-electron chi connectivity index (χ1n) is 7.52. The lowest BCUT2D eigenvalue weighted by molar-refractivity contribution is 0.444. The van der Waals surface area contributed by atoms with Crippen molar-refractivity contribution in [2.45, 2.75) is 57.4 Å². The van der Waals surface area contributed by atoms with Gasteiger partial charge in [-0.1, -0.05) is 45.9 Å². The van der Waals surface area contributed by atoms with E-state index < -0.39 is 9.84 Å². The van der Waals surface area contributed by atoms with Crippen molar-refractivity contribution in [3.8, 4) is 0 Å². The zero-order valence-electron chi connectivity index (χ0n) is 13.0. The molecule has 0 radical (unpaired) electrons.